The van der Waals surface area contributed by atoms with Gasteiger partial charge in [-0.2, -0.15) is 0 Å². The zero-order chi connectivity index (χ0) is 12.0. The molecule has 1 N–H and O–H groups in total. The molecule has 86 valence electrons. The van der Waals surface area contributed by atoms with Gasteiger partial charge in [-0.3, -0.25) is 4.79 Å². The summed E-state index contributed by atoms with van der Waals surface area (Å²) in [5.74, 6) is -1.36. The summed E-state index contributed by atoms with van der Waals surface area (Å²) in [6.45, 7) is 0. The van der Waals surface area contributed by atoms with E-state index in [1.165, 1.54) is 0 Å². The lowest BCUT2D eigenvalue weighted by Crippen LogP contribution is -2.22. The van der Waals surface area contributed by atoms with Gasteiger partial charge in [-0.1, -0.05) is 11.6 Å². The van der Waals surface area contributed by atoms with Gasteiger partial charge in [-0.25, -0.2) is 0 Å². The summed E-state index contributed by atoms with van der Waals surface area (Å²) >= 11 is 5.68. The summed E-state index contributed by atoms with van der Waals surface area (Å²) in [6, 6.07) is 6.69. The van der Waals surface area contributed by atoms with E-state index in [2.05, 4.69) is 5.32 Å². The van der Waals surface area contributed by atoms with Crippen LogP contribution in [0.5, 0.6) is 0 Å². The van der Waals surface area contributed by atoms with Gasteiger partial charge in [0.15, 0.2) is 0 Å². The third-order valence-corrected chi connectivity index (χ3v) is 2.16. The highest BCUT2D eigenvalue weighted by molar-refractivity contribution is 6.30. The number of rotatable bonds is 5. The molecular weight excluding hydrogens is 230 g/mol. The zero-order valence-electron chi connectivity index (χ0n) is 8.53. The minimum Gasteiger partial charge on any atom is -0.550 e. The van der Waals surface area contributed by atoms with E-state index in [1.54, 1.807) is 24.3 Å². The van der Waals surface area contributed by atoms with Crippen LogP contribution in [0.4, 0.5) is 5.69 Å². The highest BCUT2D eigenvalue weighted by atomic mass is 35.5. The minimum atomic E-state index is -1.14. The SMILES string of the molecule is O=C([O-])CCCC(=O)Nc1ccc(Cl)cc1. The molecule has 0 heterocycles. The first-order chi connectivity index (χ1) is 7.58. The Labute approximate surface area is 98.2 Å². The Kier molecular flexibility index (Phi) is 4.79. The van der Waals surface area contributed by atoms with Gasteiger partial charge in [0.1, 0.15) is 0 Å². The normalized spacial score (nSPS) is 9.81. The van der Waals surface area contributed by atoms with E-state index >= 15 is 0 Å². The van der Waals surface area contributed by atoms with Crippen molar-refractivity contribution in [2.45, 2.75) is 19.3 Å². The molecule has 4 nitrogen and oxygen atoms in total. The van der Waals surface area contributed by atoms with Crippen molar-refractivity contribution in [2.75, 3.05) is 5.32 Å². The Morgan fingerprint density at radius 2 is 1.81 bits per heavy atom. The van der Waals surface area contributed by atoms with E-state index in [-0.39, 0.29) is 25.2 Å². The monoisotopic (exact) mass is 240 g/mol. The van der Waals surface area contributed by atoms with Gasteiger partial charge in [0, 0.05) is 23.1 Å². The highest BCUT2D eigenvalue weighted by Gasteiger charge is 2.01. The number of benzene rings is 1. The average molecular weight is 241 g/mol. The molecule has 1 rings (SSSR count). The van der Waals surface area contributed by atoms with Crippen molar-refractivity contribution < 1.29 is 14.7 Å². The molecule has 16 heavy (non-hydrogen) atoms. The number of aliphatic carboxylic acids is 1. The van der Waals surface area contributed by atoms with Gasteiger partial charge in [0.2, 0.25) is 5.91 Å². The van der Waals surface area contributed by atoms with E-state index in [0.29, 0.717) is 10.7 Å². The van der Waals surface area contributed by atoms with Crippen LogP contribution in [0.1, 0.15) is 19.3 Å². The maximum atomic E-state index is 11.3. The van der Waals surface area contributed by atoms with Crippen molar-refractivity contribution in [2.24, 2.45) is 0 Å². The second-order valence-corrected chi connectivity index (χ2v) is 3.72. The number of amides is 1. The van der Waals surface area contributed by atoms with Crippen molar-refractivity contribution in [1.82, 2.24) is 0 Å². The van der Waals surface area contributed by atoms with Crippen molar-refractivity contribution in [3.8, 4) is 0 Å². The van der Waals surface area contributed by atoms with E-state index in [0.717, 1.165) is 0 Å². The lowest BCUT2D eigenvalue weighted by Gasteiger charge is -2.05. The number of anilines is 1. The van der Waals surface area contributed by atoms with Crippen LogP contribution in [-0.2, 0) is 9.59 Å². The Morgan fingerprint density at radius 3 is 2.38 bits per heavy atom. The summed E-state index contributed by atoms with van der Waals surface area (Å²) < 4.78 is 0. The highest BCUT2D eigenvalue weighted by Crippen LogP contribution is 2.13. The number of carboxylic acid groups (broad SMARTS) is 1. The molecule has 0 aliphatic rings. The first kappa shape index (κ1) is 12.5. The van der Waals surface area contributed by atoms with Gasteiger partial charge >= 0.3 is 0 Å². The molecule has 1 amide bonds. The lowest BCUT2D eigenvalue weighted by atomic mass is 10.2. The van der Waals surface area contributed by atoms with Gasteiger partial charge < -0.3 is 15.2 Å². The first-order valence-electron chi connectivity index (χ1n) is 4.83. The molecule has 0 fully saturated rings. The van der Waals surface area contributed by atoms with Crippen LogP contribution in [0.3, 0.4) is 0 Å². The molecule has 0 unspecified atom stereocenters. The fraction of sp³-hybridized carbons (Fsp3) is 0.273. The summed E-state index contributed by atoms with van der Waals surface area (Å²) in [6.07, 6.45) is 0.340. The van der Waals surface area contributed by atoms with Crippen molar-refractivity contribution in [3.63, 3.8) is 0 Å². The molecule has 0 aliphatic carbocycles. The second-order valence-electron chi connectivity index (χ2n) is 3.28. The number of nitrogens with one attached hydrogen (secondary N) is 1. The summed E-state index contributed by atoms with van der Waals surface area (Å²) in [7, 11) is 0. The molecule has 0 saturated carbocycles. The number of carbonyl (C=O) groups is 2. The topological polar surface area (TPSA) is 69.2 Å². The van der Waals surface area contributed by atoms with E-state index in [4.69, 9.17) is 11.6 Å². The summed E-state index contributed by atoms with van der Waals surface area (Å²) in [5, 5.41) is 13.3. The predicted octanol–water partition coefficient (Wildman–Crippen LogP) is 1.20. The molecule has 5 heteroatoms. The lowest BCUT2D eigenvalue weighted by molar-refractivity contribution is -0.305. The Hall–Kier alpha value is -1.55. The number of carboxylic acids is 1. The standard InChI is InChI=1S/C11H12ClNO3/c12-8-4-6-9(7-5-8)13-10(14)2-1-3-11(15)16/h4-7H,1-3H2,(H,13,14)(H,15,16)/p-1. The smallest absolute Gasteiger partial charge is 0.224 e. The van der Waals surface area contributed by atoms with E-state index < -0.39 is 5.97 Å². The van der Waals surface area contributed by atoms with Crippen LogP contribution in [0.25, 0.3) is 0 Å². The molecule has 0 atom stereocenters. The molecule has 0 aliphatic heterocycles. The maximum absolute atomic E-state index is 11.3. The average Bonchev–Trinajstić information content (AvgIpc) is 2.21. The van der Waals surface area contributed by atoms with E-state index in [9.17, 15) is 14.7 Å². The number of carbonyl (C=O) groups excluding carboxylic acids is 2. The minimum absolute atomic E-state index is 0.103. The third kappa shape index (κ3) is 4.79. The van der Waals surface area contributed by atoms with Crippen LogP contribution in [0, 0.1) is 0 Å². The number of hydrogen-bond acceptors (Lipinski definition) is 3. The van der Waals surface area contributed by atoms with Gasteiger partial charge in [0.05, 0.1) is 0 Å². The van der Waals surface area contributed by atoms with Gasteiger partial charge in [-0.05, 0) is 37.1 Å². The van der Waals surface area contributed by atoms with Crippen molar-refractivity contribution in [1.29, 1.82) is 0 Å². The first-order valence-corrected chi connectivity index (χ1v) is 5.21. The Morgan fingerprint density at radius 1 is 1.19 bits per heavy atom. The molecule has 0 saturated heterocycles. The largest absolute Gasteiger partial charge is 0.550 e. The Bertz CT molecular complexity index is 375. The predicted molar refractivity (Wildman–Crippen MR) is 58.9 cm³/mol. The summed E-state index contributed by atoms with van der Waals surface area (Å²) in [5.41, 5.74) is 0.642. The van der Waals surface area contributed by atoms with E-state index in [1.807, 2.05) is 0 Å². The third-order valence-electron chi connectivity index (χ3n) is 1.91. The zero-order valence-corrected chi connectivity index (χ0v) is 9.29. The second kappa shape index (κ2) is 6.12. The fourth-order valence-electron chi connectivity index (χ4n) is 1.15. The fourth-order valence-corrected chi connectivity index (χ4v) is 1.28. The molecule has 1 aromatic rings. The Balaban J connectivity index is 2.34. The summed E-state index contributed by atoms with van der Waals surface area (Å²) in [4.78, 5) is 21.4. The molecule has 0 radical (unpaired) electrons. The molecule has 0 aromatic heterocycles. The quantitative estimate of drug-likeness (QED) is 0.841. The van der Waals surface area contributed by atoms with Crippen LogP contribution in [-0.4, -0.2) is 11.9 Å². The van der Waals surface area contributed by atoms with Gasteiger partial charge in [-0.15, -0.1) is 0 Å². The maximum Gasteiger partial charge on any atom is 0.224 e. The molecule has 0 spiro atoms. The van der Waals surface area contributed by atoms with Crippen LogP contribution < -0.4 is 10.4 Å². The number of hydrogen-bond donors (Lipinski definition) is 1. The van der Waals surface area contributed by atoms with Crippen LogP contribution in [0.15, 0.2) is 24.3 Å². The molecular formula is C11H11ClNO3-. The molecule has 1 aromatic carbocycles. The van der Waals surface area contributed by atoms with Gasteiger partial charge in [0.25, 0.3) is 0 Å². The van der Waals surface area contributed by atoms with Crippen LogP contribution >= 0.6 is 11.6 Å². The van der Waals surface area contributed by atoms with Crippen LogP contribution in [0.2, 0.25) is 5.02 Å². The number of halogens is 1. The van der Waals surface area contributed by atoms with Crippen molar-refractivity contribution >= 4 is 29.2 Å². The van der Waals surface area contributed by atoms with Crippen molar-refractivity contribution in [3.05, 3.63) is 29.3 Å². The molecule has 0 bridgehead atoms.